The van der Waals surface area contributed by atoms with Gasteiger partial charge >= 0.3 is 0 Å². The summed E-state index contributed by atoms with van der Waals surface area (Å²) >= 11 is 0. The lowest BCUT2D eigenvalue weighted by molar-refractivity contribution is -0.132. The normalized spacial score (nSPS) is 16.5. The van der Waals surface area contributed by atoms with E-state index in [1.54, 1.807) is 40.9 Å². The highest BCUT2D eigenvalue weighted by Crippen LogP contribution is 2.26. The molecule has 1 aromatic carbocycles. The number of nitrogen functional groups attached to an aromatic ring is 1. The first-order valence-electron chi connectivity index (χ1n) is 17.0. The second-order valence-electron chi connectivity index (χ2n) is 12.8. The van der Waals surface area contributed by atoms with Crippen molar-refractivity contribution in [1.29, 1.82) is 10.8 Å². The van der Waals surface area contributed by atoms with Gasteiger partial charge in [0.15, 0.2) is 5.84 Å². The molecule has 1 saturated heterocycles. The Morgan fingerprint density at radius 1 is 1.10 bits per heavy atom. The van der Waals surface area contributed by atoms with E-state index in [-0.39, 0.29) is 53.1 Å². The van der Waals surface area contributed by atoms with Crippen LogP contribution in [0.25, 0.3) is 5.57 Å². The van der Waals surface area contributed by atoms with Crippen LogP contribution in [-0.4, -0.2) is 95.4 Å². The number of amides is 2. The van der Waals surface area contributed by atoms with Crippen LogP contribution in [0.1, 0.15) is 62.0 Å². The molecule has 0 bridgehead atoms. The Morgan fingerprint density at radius 3 is 2.50 bits per heavy atom. The number of nitrogens with two attached hydrogens (primary N) is 1. The molecule has 2 aliphatic rings. The Labute approximate surface area is 292 Å². The number of hydrogen-bond donors (Lipinski definition) is 4. The average Bonchev–Trinajstić information content (AvgIpc) is 3.59. The molecule has 0 radical (unpaired) electrons. The van der Waals surface area contributed by atoms with E-state index in [1.807, 2.05) is 54.8 Å². The highest BCUT2D eigenvalue weighted by molar-refractivity contribution is 6.12. The molecule has 1 atom stereocenters. The number of anilines is 2. The Balaban J connectivity index is 1.18. The summed E-state index contributed by atoms with van der Waals surface area (Å²) in [5.74, 6) is 0.265. The van der Waals surface area contributed by atoms with Gasteiger partial charge in [-0.05, 0) is 69.5 Å². The second kappa shape index (κ2) is 15.9. The van der Waals surface area contributed by atoms with Crippen LogP contribution < -0.4 is 21.5 Å². The first kappa shape index (κ1) is 35.9. The van der Waals surface area contributed by atoms with Crippen molar-refractivity contribution in [2.24, 2.45) is 10.9 Å². The lowest BCUT2D eigenvalue weighted by atomic mass is 9.98. The number of aliphatic imine (C=N–C) groups is 1. The first-order valence-corrected chi connectivity index (χ1v) is 17.0. The topological polar surface area (TPSA) is 177 Å². The molecule has 13 nitrogen and oxygen atoms in total. The third-order valence-corrected chi connectivity index (χ3v) is 9.18. The maximum absolute atomic E-state index is 13.8. The van der Waals surface area contributed by atoms with Gasteiger partial charge < -0.3 is 20.5 Å². The van der Waals surface area contributed by atoms with Crippen LogP contribution in [0.15, 0.2) is 70.6 Å². The Kier molecular flexibility index (Phi) is 11.4. The van der Waals surface area contributed by atoms with Crippen molar-refractivity contribution in [2.45, 2.75) is 39.7 Å². The van der Waals surface area contributed by atoms with Gasteiger partial charge in [-0.1, -0.05) is 30.3 Å². The van der Waals surface area contributed by atoms with Crippen molar-refractivity contribution < 1.29 is 9.59 Å². The average molecular weight is 679 g/mol. The molecule has 4 heterocycles. The number of carbonyl (C=O) groups is 2. The van der Waals surface area contributed by atoms with E-state index in [2.05, 4.69) is 21.4 Å². The van der Waals surface area contributed by atoms with E-state index in [0.29, 0.717) is 56.2 Å². The second-order valence-corrected chi connectivity index (χ2v) is 12.8. The fraction of sp³-hybridized carbons (Fsp3) is 0.378. The van der Waals surface area contributed by atoms with Crippen molar-refractivity contribution in [3.63, 3.8) is 0 Å². The molecule has 1 fully saturated rings. The lowest BCUT2D eigenvalue weighted by Gasteiger charge is -2.29. The number of likely N-dealkylation sites (tertiary alicyclic amines) is 1. The van der Waals surface area contributed by atoms with Gasteiger partial charge in [-0.15, -0.1) is 0 Å². The number of pyridine rings is 2. The minimum absolute atomic E-state index is 0.0408. The highest BCUT2D eigenvalue weighted by atomic mass is 16.2. The largest absolute Gasteiger partial charge is 0.397 e. The number of carbonyl (C=O) groups excluding carboxylic acids is 2. The maximum atomic E-state index is 13.8. The number of aromatic nitrogens is 2. The number of rotatable bonds is 11. The zero-order chi connectivity index (χ0) is 35.9. The molecule has 2 aliphatic heterocycles. The fourth-order valence-corrected chi connectivity index (χ4v) is 6.33. The molecule has 5 N–H and O–H groups in total. The number of amidine groups is 1. The summed E-state index contributed by atoms with van der Waals surface area (Å²) in [7, 11) is 1.74. The summed E-state index contributed by atoms with van der Waals surface area (Å²) < 4.78 is 1.56. The number of benzene rings is 1. The van der Waals surface area contributed by atoms with Crippen LogP contribution in [0.3, 0.4) is 0 Å². The van der Waals surface area contributed by atoms with Crippen LogP contribution in [0, 0.1) is 16.7 Å². The van der Waals surface area contributed by atoms with Crippen LogP contribution in [0.2, 0.25) is 0 Å². The van der Waals surface area contributed by atoms with Crippen molar-refractivity contribution >= 4 is 46.8 Å². The van der Waals surface area contributed by atoms with E-state index in [1.165, 1.54) is 18.0 Å². The predicted molar refractivity (Wildman–Crippen MR) is 198 cm³/mol. The van der Waals surface area contributed by atoms with Gasteiger partial charge in [0.25, 0.3) is 5.56 Å². The number of hydrogen-bond acceptors (Lipinski definition) is 8. The monoisotopic (exact) mass is 678 g/mol. The van der Waals surface area contributed by atoms with Gasteiger partial charge in [0, 0.05) is 62.7 Å². The quantitative estimate of drug-likeness (QED) is 0.177. The van der Waals surface area contributed by atoms with Gasteiger partial charge in [0.2, 0.25) is 11.8 Å². The summed E-state index contributed by atoms with van der Waals surface area (Å²) in [5, 5.41) is 19.7. The molecule has 0 unspecified atom stereocenters. The van der Waals surface area contributed by atoms with E-state index >= 15 is 0 Å². The third-order valence-electron chi connectivity index (χ3n) is 9.18. The molecule has 0 aliphatic carbocycles. The molecule has 13 heteroatoms. The molecule has 0 spiro atoms. The standard InChI is InChI=1S/C37H46N10O3/c1-5-46(31-12-11-30(38)35(43-31)34(39)28-10-13-32(48)47(21-28)24(2)3)37(50)29-14-17-44(20-29)22-33(49)45-18-15-26(16-19-45)25-6-8-27(9-7-25)36(40)42-23-41-4/h6-13,15,21,23-24,29,39H,5,14,16-20,22,38H2,1-4H3,(H2,40,41,42)/t29-/m1/s1. The predicted octanol–water partition coefficient (Wildman–Crippen LogP) is 3.39. The van der Waals surface area contributed by atoms with Crippen molar-refractivity contribution in [3.8, 4) is 0 Å². The molecule has 0 saturated carbocycles. The molecule has 2 amide bonds. The molecular weight excluding hydrogens is 632 g/mol. The summed E-state index contributed by atoms with van der Waals surface area (Å²) in [6, 6.07) is 14.0. The zero-order valence-electron chi connectivity index (χ0n) is 29.1. The molecule has 5 rings (SSSR count). The fourth-order valence-electron chi connectivity index (χ4n) is 6.33. The molecular formula is C37H46N10O3. The number of nitrogens with zero attached hydrogens (tertiary/aromatic N) is 6. The van der Waals surface area contributed by atoms with Gasteiger partial charge in [-0.25, -0.2) is 9.98 Å². The Hall–Kier alpha value is -5.43. The summed E-state index contributed by atoms with van der Waals surface area (Å²) in [6.07, 6.45) is 6.58. The van der Waals surface area contributed by atoms with Crippen molar-refractivity contribution in [2.75, 3.05) is 56.9 Å². The van der Waals surface area contributed by atoms with Gasteiger partial charge in [0.05, 0.1) is 30.2 Å². The Bertz CT molecular complexity index is 1880. The Morgan fingerprint density at radius 2 is 1.84 bits per heavy atom. The van der Waals surface area contributed by atoms with Gasteiger partial charge in [-0.2, -0.15) is 0 Å². The minimum atomic E-state index is -0.291. The van der Waals surface area contributed by atoms with Gasteiger partial charge in [-0.3, -0.25) is 35.0 Å². The highest BCUT2D eigenvalue weighted by Gasteiger charge is 2.34. The van der Waals surface area contributed by atoms with Gasteiger partial charge in [0.1, 0.15) is 11.5 Å². The first-order chi connectivity index (χ1) is 24.0. The van der Waals surface area contributed by atoms with E-state index in [9.17, 15) is 14.4 Å². The van der Waals surface area contributed by atoms with Crippen LogP contribution in [0.5, 0.6) is 0 Å². The SMILES string of the molecule is CCN(C(=O)[C@@H]1CCN(CC(=O)N2CC=C(c3ccc(C(=N)/N=C\NC)cc3)CC2)C1)c1ccc(N)c(C(=N)c2ccc(=O)n(C(C)C)c2)n1. The van der Waals surface area contributed by atoms with Crippen LogP contribution >= 0.6 is 0 Å². The van der Waals surface area contributed by atoms with Crippen molar-refractivity contribution in [1.82, 2.24) is 24.7 Å². The van der Waals surface area contributed by atoms with Crippen molar-refractivity contribution in [3.05, 3.63) is 93.5 Å². The van der Waals surface area contributed by atoms with Crippen LogP contribution in [-0.2, 0) is 9.59 Å². The molecule has 3 aromatic rings. The van der Waals surface area contributed by atoms with E-state index in [4.69, 9.17) is 16.6 Å². The minimum Gasteiger partial charge on any atom is -0.397 e. The molecule has 50 heavy (non-hydrogen) atoms. The molecule has 262 valence electrons. The van der Waals surface area contributed by atoms with E-state index < -0.39 is 0 Å². The summed E-state index contributed by atoms with van der Waals surface area (Å²) in [4.78, 5) is 53.5. The smallest absolute Gasteiger partial charge is 0.250 e. The molecule has 2 aromatic heterocycles. The van der Waals surface area contributed by atoms with E-state index in [0.717, 1.165) is 17.5 Å². The number of nitrogens with one attached hydrogen (secondary N) is 3. The zero-order valence-corrected chi connectivity index (χ0v) is 29.1. The summed E-state index contributed by atoms with van der Waals surface area (Å²) in [5.41, 5.74) is 10.2. The van der Waals surface area contributed by atoms with Crippen LogP contribution in [0.4, 0.5) is 11.5 Å². The summed E-state index contributed by atoms with van der Waals surface area (Å²) in [6.45, 7) is 8.57. The lowest BCUT2D eigenvalue weighted by Crippen LogP contribution is -2.42. The third kappa shape index (κ3) is 8.05. The maximum Gasteiger partial charge on any atom is 0.250 e.